The van der Waals surface area contributed by atoms with Crippen LogP contribution in [-0.4, -0.2) is 31.2 Å². The molecule has 76 valence electrons. The van der Waals surface area contributed by atoms with Crippen LogP contribution in [-0.2, 0) is 9.53 Å². The van der Waals surface area contributed by atoms with Gasteiger partial charge in [0, 0.05) is 0 Å². The molecule has 0 heterocycles. The number of likely N-dealkylation sites (N-methyl/N-ethyl adjacent to an activating group) is 1. The van der Waals surface area contributed by atoms with Crippen LogP contribution in [0.15, 0.2) is 0 Å². The summed E-state index contributed by atoms with van der Waals surface area (Å²) in [6.45, 7) is 3.09. The second-order valence-corrected chi connectivity index (χ2v) is 3.40. The first-order chi connectivity index (χ1) is 6.24. The summed E-state index contributed by atoms with van der Waals surface area (Å²) in [5, 5.41) is 2.99. The van der Waals surface area contributed by atoms with Crippen molar-refractivity contribution >= 4 is 5.91 Å². The zero-order valence-electron chi connectivity index (χ0n) is 8.08. The Balaban J connectivity index is 2.16. The van der Waals surface area contributed by atoms with Crippen molar-refractivity contribution < 1.29 is 9.53 Å². The SMILES string of the molecule is CCNC(COC1CCC1)C(N)=O. The highest BCUT2D eigenvalue weighted by Gasteiger charge is 2.21. The molecule has 0 aromatic rings. The molecule has 0 aliphatic heterocycles. The van der Waals surface area contributed by atoms with E-state index in [1.807, 2.05) is 6.92 Å². The summed E-state index contributed by atoms with van der Waals surface area (Å²) >= 11 is 0. The monoisotopic (exact) mass is 186 g/mol. The minimum Gasteiger partial charge on any atom is -0.376 e. The summed E-state index contributed by atoms with van der Waals surface area (Å²) in [6, 6.07) is -0.328. The maximum absolute atomic E-state index is 10.9. The number of nitrogens with one attached hydrogen (secondary N) is 1. The zero-order chi connectivity index (χ0) is 9.68. The van der Waals surface area contributed by atoms with Gasteiger partial charge in [-0.05, 0) is 25.8 Å². The average Bonchev–Trinajstić information content (AvgIpc) is 1.99. The van der Waals surface area contributed by atoms with E-state index in [0.717, 1.165) is 19.4 Å². The molecule has 1 saturated carbocycles. The van der Waals surface area contributed by atoms with E-state index >= 15 is 0 Å². The first-order valence-corrected chi connectivity index (χ1v) is 4.88. The van der Waals surface area contributed by atoms with Crippen molar-refractivity contribution in [2.24, 2.45) is 5.73 Å². The molecule has 1 aliphatic rings. The summed E-state index contributed by atoms with van der Waals surface area (Å²) in [5.74, 6) is -0.332. The van der Waals surface area contributed by atoms with E-state index in [1.54, 1.807) is 0 Å². The molecule has 1 amide bonds. The van der Waals surface area contributed by atoms with Gasteiger partial charge in [0.1, 0.15) is 6.04 Å². The Morgan fingerprint density at radius 3 is 2.77 bits per heavy atom. The molecule has 13 heavy (non-hydrogen) atoms. The highest BCUT2D eigenvalue weighted by molar-refractivity contribution is 5.79. The van der Waals surface area contributed by atoms with Crippen LogP contribution < -0.4 is 11.1 Å². The number of ether oxygens (including phenoxy) is 1. The minimum absolute atomic E-state index is 0.328. The molecular weight excluding hydrogens is 168 g/mol. The Bertz CT molecular complexity index is 169. The summed E-state index contributed by atoms with van der Waals surface area (Å²) in [4.78, 5) is 10.9. The van der Waals surface area contributed by atoms with Gasteiger partial charge in [0.15, 0.2) is 0 Å². The van der Waals surface area contributed by atoms with Crippen molar-refractivity contribution in [3.05, 3.63) is 0 Å². The Morgan fingerprint density at radius 1 is 1.69 bits per heavy atom. The summed E-state index contributed by atoms with van der Waals surface area (Å²) in [6.07, 6.45) is 3.85. The average molecular weight is 186 g/mol. The number of nitrogens with two attached hydrogens (primary N) is 1. The standard InChI is InChI=1S/C9H18N2O2/c1-2-11-8(9(10)12)6-13-7-4-3-5-7/h7-8,11H,2-6H2,1H3,(H2,10,12). The smallest absolute Gasteiger partial charge is 0.236 e. The minimum atomic E-state index is -0.332. The van der Waals surface area contributed by atoms with Crippen LogP contribution in [0.25, 0.3) is 0 Å². The predicted molar refractivity (Wildman–Crippen MR) is 50.3 cm³/mol. The first kappa shape index (κ1) is 10.5. The normalized spacial score (nSPS) is 19.5. The van der Waals surface area contributed by atoms with Crippen LogP contribution in [0.1, 0.15) is 26.2 Å². The number of hydrogen-bond acceptors (Lipinski definition) is 3. The van der Waals surface area contributed by atoms with Crippen molar-refractivity contribution in [1.29, 1.82) is 0 Å². The van der Waals surface area contributed by atoms with Gasteiger partial charge in [-0.2, -0.15) is 0 Å². The van der Waals surface area contributed by atoms with Crippen LogP contribution in [0.3, 0.4) is 0 Å². The Labute approximate surface area is 78.8 Å². The zero-order valence-corrected chi connectivity index (χ0v) is 8.08. The molecule has 1 atom stereocenters. The molecular formula is C9H18N2O2. The fourth-order valence-electron chi connectivity index (χ4n) is 1.26. The molecule has 0 aromatic carbocycles. The molecule has 0 radical (unpaired) electrons. The van der Waals surface area contributed by atoms with Gasteiger partial charge in [0.2, 0.25) is 5.91 Å². The van der Waals surface area contributed by atoms with Crippen molar-refractivity contribution in [2.45, 2.75) is 38.3 Å². The summed E-state index contributed by atoms with van der Waals surface area (Å²) < 4.78 is 5.49. The third kappa shape index (κ3) is 3.32. The van der Waals surface area contributed by atoms with Crippen LogP contribution in [0, 0.1) is 0 Å². The highest BCUT2D eigenvalue weighted by Crippen LogP contribution is 2.21. The molecule has 1 aliphatic carbocycles. The van der Waals surface area contributed by atoms with Gasteiger partial charge < -0.3 is 15.8 Å². The lowest BCUT2D eigenvalue weighted by Gasteiger charge is -2.27. The second-order valence-electron chi connectivity index (χ2n) is 3.40. The van der Waals surface area contributed by atoms with Gasteiger partial charge in [0.05, 0.1) is 12.7 Å². The van der Waals surface area contributed by atoms with E-state index in [9.17, 15) is 4.79 Å². The van der Waals surface area contributed by atoms with Crippen molar-refractivity contribution in [3.8, 4) is 0 Å². The van der Waals surface area contributed by atoms with Crippen molar-refractivity contribution in [1.82, 2.24) is 5.32 Å². The van der Waals surface area contributed by atoms with Crippen LogP contribution in [0.5, 0.6) is 0 Å². The number of amides is 1. The summed E-state index contributed by atoms with van der Waals surface area (Å²) in [7, 11) is 0. The molecule has 4 nitrogen and oxygen atoms in total. The fourth-order valence-corrected chi connectivity index (χ4v) is 1.26. The lowest BCUT2D eigenvalue weighted by Crippen LogP contribution is -2.45. The lowest BCUT2D eigenvalue weighted by atomic mass is 9.96. The Hall–Kier alpha value is -0.610. The van der Waals surface area contributed by atoms with E-state index in [4.69, 9.17) is 10.5 Å². The maximum atomic E-state index is 10.9. The molecule has 0 aromatic heterocycles. The topological polar surface area (TPSA) is 64.3 Å². The largest absolute Gasteiger partial charge is 0.376 e. The van der Waals surface area contributed by atoms with E-state index < -0.39 is 0 Å². The third-order valence-corrected chi connectivity index (χ3v) is 2.34. The summed E-state index contributed by atoms with van der Waals surface area (Å²) in [5.41, 5.74) is 5.19. The van der Waals surface area contributed by atoms with E-state index in [1.165, 1.54) is 6.42 Å². The molecule has 1 fully saturated rings. The molecule has 0 bridgehead atoms. The van der Waals surface area contributed by atoms with Gasteiger partial charge in [-0.1, -0.05) is 6.92 Å². The Kier molecular flexibility index (Phi) is 4.18. The van der Waals surface area contributed by atoms with Crippen LogP contribution in [0.2, 0.25) is 0 Å². The van der Waals surface area contributed by atoms with Crippen molar-refractivity contribution in [3.63, 3.8) is 0 Å². The molecule has 0 spiro atoms. The number of hydrogen-bond donors (Lipinski definition) is 2. The van der Waals surface area contributed by atoms with Crippen molar-refractivity contribution in [2.75, 3.05) is 13.2 Å². The number of primary amides is 1. The number of carbonyl (C=O) groups excluding carboxylic acids is 1. The van der Waals surface area contributed by atoms with Gasteiger partial charge in [-0.3, -0.25) is 4.79 Å². The predicted octanol–water partition coefficient (Wildman–Crippen LogP) is 0.0189. The Morgan fingerprint density at radius 2 is 2.38 bits per heavy atom. The maximum Gasteiger partial charge on any atom is 0.236 e. The quantitative estimate of drug-likeness (QED) is 0.614. The van der Waals surface area contributed by atoms with Crippen LogP contribution >= 0.6 is 0 Å². The highest BCUT2D eigenvalue weighted by atomic mass is 16.5. The number of rotatable bonds is 6. The van der Waals surface area contributed by atoms with Gasteiger partial charge in [-0.25, -0.2) is 0 Å². The first-order valence-electron chi connectivity index (χ1n) is 4.88. The third-order valence-electron chi connectivity index (χ3n) is 2.34. The molecule has 3 N–H and O–H groups in total. The van der Waals surface area contributed by atoms with Gasteiger partial charge in [0.25, 0.3) is 0 Å². The van der Waals surface area contributed by atoms with E-state index in [-0.39, 0.29) is 11.9 Å². The van der Waals surface area contributed by atoms with Gasteiger partial charge in [-0.15, -0.1) is 0 Å². The number of carbonyl (C=O) groups is 1. The second kappa shape index (κ2) is 5.19. The molecule has 0 saturated heterocycles. The van der Waals surface area contributed by atoms with Crippen LogP contribution in [0.4, 0.5) is 0 Å². The van der Waals surface area contributed by atoms with Gasteiger partial charge >= 0.3 is 0 Å². The fraction of sp³-hybridized carbons (Fsp3) is 0.889. The molecule has 1 rings (SSSR count). The molecule has 1 unspecified atom stereocenters. The van der Waals surface area contributed by atoms with E-state index in [0.29, 0.717) is 12.7 Å². The van der Waals surface area contributed by atoms with E-state index in [2.05, 4.69) is 5.32 Å². The lowest BCUT2D eigenvalue weighted by molar-refractivity contribution is -0.122. The molecule has 4 heteroatoms.